The molecule has 1 atom stereocenters. The number of rotatable bonds is 0. The fraction of sp³-hybridized carbons (Fsp3) is 0.400. The summed E-state index contributed by atoms with van der Waals surface area (Å²) in [7, 11) is 0. The Hall–Kier alpha value is -0.600. The average Bonchev–Trinajstić information content (AvgIpc) is 2.29. The molecule has 13 heavy (non-hydrogen) atoms. The Morgan fingerprint density at radius 1 is 1.46 bits per heavy atom. The van der Waals surface area contributed by atoms with E-state index in [2.05, 4.69) is 5.32 Å². The van der Waals surface area contributed by atoms with Crippen molar-refractivity contribution in [1.82, 2.24) is 5.32 Å². The lowest BCUT2D eigenvalue weighted by atomic mass is 10.0. The molecule has 0 aromatic heterocycles. The third kappa shape index (κ3) is 1.69. The third-order valence-electron chi connectivity index (χ3n) is 2.35. The second-order valence-electron chi connectivity index (χ2n) is 3.25. The van der Waals surface area contributed by atoms with Gasteiger partial charge in [-0.25, -0.2) is 4.39 Å². The van der Waals surface area contributed by atoms with E-state index >= 15 is 0 Å². The van der Waals surface area contributed by atoms with Gasteiger partial charge in [0.15, 0.2) is 0 Å². The second-order valence-corrected chi connectivity index (χ2v) is 3.65. The first-order valence-corrected chi connectivity index (χ1v) is 4.79. The molecule has 1 heterocycles. The van der Waals surface area contributed by atoms with Crippen molar-refractivity contribution in [2.45, 2.75) is 19.1 Å². The lowest BCUT2D eigenvalue weighted by molar-refractivity contribution is 0.326. The van der Waals surface area contributed by atoms with Gasteiger partial charge in [-0.3, -0.25) is 0 Å². The van der Waals surface area contributed by atoms with Gasteiger partial charge in [-0.05, 0) is 24.6 Å². The zero-order valence-electron chi connectivity index (χ0n) is 7.19. The lowest BCUT2D eigenvalue weighted by Crippen LogP contribution is -2.11. The number of alkyl halides is 1. The van der Waals surface area contributed by atoms with Gasteiger partial charge in [-0.1, -0.05) is 23.7 Å². The van der Waals surface area contributed by atoms with E-state index < -0.39 is 6.17 Å². The first-order chi connectivity index (χ1) is 6.29. The second kappa shape index (κ2) is 3.64. The average molecular weight is 200 g/mol. The molecule has 1 aliphatic heterocycles. The minimum atomic E-state index is -0.918. The Bertz CT molecular complexity index is 314. The number of nitrogens with one attached hydrogen (secondary N) is 1. The van der Waals surface area contributed by atoms with Crippen LogP contribution in [0.5, 0.6) is 0 Å². The minimum absolute atomic E-state index is 0.511. The van der Waals surface area contributed by atoms with E-state index in [1.165, 1.54) is 0 Å². The van der Waals surface area contributed by atoms with Crippen molar-refractivity contribution in [3.8, 4) is 0 Å². The minimum Gasteiger partial charge on any atom is -0.313 e. The molecule has 1 aliphatic rings. The molecule has 1 aromatic rings. The highest BCUT2D eigenvalue weighted by molar-refractivity contribution is 6.31. The summed E-state index contributed by atoms with van der Waals surface area (Å²) in [5.41, 5.74) is 1.66. The van der Waals surface area contributed by atoms with Crippen molar-refractivity contribution in [2.24, 2.45) is 0 Å². The van der Waals surface area contributed by atoms with E-state index in [1.54, 1.807) is 6.07 Å². The van der Waals surface area contributed by atoms with E-state index in [4.69, 9.17) is 11.6 Å². The van der Waals surface area contributed by atoms with Gasteiger partial charge in [0.05, 0.1) is 0 Å². The van der Waals surface area contributed by atoms with Crippen molar-refractivity contribution >= 4 is 11.6 Å². The first kappa shape index (κ1) is 8.97. The molecule has 0 spiro atoms. The molecule has 2 rings (SSSR count). The molecule has 3 heteroatoms. The Morgan fingerprint density at radius 2 is 2.31 bits per heavy atom. The van der Waals surface area contributed by atoms with Crippen LogP contribution in [0.1, 0.15) is 23.7 Å². The Kier molecular flexibility index (Phi) is 2.51. The number of benzene rings is 1. The maximum Gasteiger partial charge on any atom is 0.128 e. The zero-order chi connectivity index (χ0) is 9.26. The van der Waals surface area contributed by atoms with Gasteiger partial charge in [0.1, 0.15) is 6.17 Å². The Morgan fingerprint density at radius 3 is 3.15 bits per heavy atom. The van der Waals surface area contributed by atoms with Crippen molar-refractivity contribution in [1.29, 1.82) is 0 Å². The van der Waals surface area contributed by atoms with Crippen LogP contribution in [0.25, 0.3) is 0 Å². The molecule has 0 radical (unpaired) electrons. The fourth-order valence-electron chi connectivity index (χ4n) is 1.68. The van der Waals surface area contributed by atoms with Crippen molar-refractivity contribution in [3.05, 3.63) is 34.3 Å². The number of hydrogen-bond acceptors (Lipinski definition) is 1. The van der Waals surface area contributed by atoms with Gasteiger partial charge in [0, 0.05) is 17.1 Å². The molecular weight excluding hydrogens is 189 g/mol. The smallest absolute Gasteiger partial charge is 0.128 e. The van der Waals surface area contributed by atoms with Gasteiger partial charge in [-0.15, -0.1) is 0 Å². The molecule has 1 unspecified atom stereocenters. The SMILES string of the molecule is FC1CCNCc2cccc(Cl)c21. The molecule has 1 nitrogen and oxygen atoms in total. The summed E-state index contributed by atoms with van der Waals surface area (Å²) in [6.45, 7) is 1.43. The molecule has 0 aliphatic carbocycles. The molecule has 1 aromatic carbocycles. The molecule has 0 saturated carbocycles. The van der Waals surface area contributed by atoms with Crippen molar-refractivity contribution in [2.75, 3.05) is 6.54 Å². The van der Waals surface area contributed by atoms with Crippen LogP contribution in [0.4, 0.5) is 4.39 Å². The van der Waals surface area contributed by atoms with Crippen LogP contribution < -0.4 is 5.32 Å². The summed E-state index contributed by atoms with van der Waals surface area (Å²) in [5.74, 6) is 0. The molecule has 0 bridgehead atoms. The Labute approximate surface area is 81.9 Å². The Balaban J connectivity index is 2.48. The molecule has 70 valence electrons. The predicted molar refractivity (Wildman–Crippen MR) is 51.6 cm³/mol. The molecular formula is C10H11ClFN. The van der Waals surface area contributed by atoms with Crippen LogP contribution in [0.15, 0.2) is 18.2 Å². The summed E-state index contributed by atoms with van der Waals surface area (Å²) in [6, 6.07) is 5.53. The molecule has 1 N–H and O–H groups in total. The zero-order valence-corrected chi connectivity index (χ0v) is 7.94. The van der Waals surface area contributed by atoms with Crippen LogP contribution >= 0.6 is 11.6 Å². The quantitative estimate of drug-likeness (QED) is 0.678. The van der Waals surface area contributed by atoms with Crippen LogP contribution in [0, 0.1) is 0 Å². The van der Waals surface area contributed by atoms with Crippen molar-refractivity contribution in [3.63, 3.8) is 0 Å². The van der Waals surface area contributed by atoms with Crippen LogP contribution in [-0.4, -0.2) is 6.54 Å². The van der Waals surface area contributed by atoms with Crippen molar-refractivity contribution < 1.29 is 4.39 Å². The monoisotopic (exact) mass is 199 g/mol. The third-order valence-corrected chi connectivity index (χ3v) is 2.68. The lowest BCUT2D eigenvalue weighted by Gasteiger charge is -2.10. The van der Waals surface area contributed by atoms with Gasteiger partial charge >= 0.3 is 0 Å². The normalized spacial score (nSPS) is 22.2. The van der Waals surface area contributed by atoms with E-state index in [1.807, 2.05) is 12.1 Å². The highest BCUT2D eigenvalue weighted by Crippen LogP contribution is 2.32. The maximum atomic E-state index is 13.6. The molecule has 0 amide bonds. The van der Waals surface area contributed by atoms with Gasteiger partial charge in [0.25, 0.3) is 0 Å². The standard InChI is InChI=1S/C10H11ClFN/c11-8-3-1-2-7-6-13-5-4-9(12)10(7)8/h1-3,9,13H,4-6H2. The summed E-state index contributed by atoms with van der Waals surface area (Å²) in [6.07, 6.45) is -0.407. The molecule has 0 saturated heterocycles. The summed E-state index contributed by atoms with van der Waals surface area (Å²) in [5, 5.41) is 3.71. The fourth-order valence-corrected chi connectivity index (χ4v) is 2.00. The number of hydrogen-bond donors (Lipinski definition) is 1. The van der Waals surface area contributed by atoms with Gasteiger partial charge < -0.3 is 5.32 Å². The predicted octanol–water partition coefficient (Wildman–Crippen LogP) is 2.84. The highest BCUT2D eigenvalue weighted by atomic mass is 35.5. The van der Waals surface area contributed by atoms with E-state index in [0.717, 1.165) is 12.1 Å². The number of fused-ring (bicyclic) bond motifs is 1. The van der Waals surface area contributed by atoms with Gasteiger partial charge in [0.2, 0.25) is 0 Å². The van der Waals surface area contributed by atoms with E-state index in [0.29, 0.717) is 23.6 Å². The first-order valence-electron chi connectivity index (χ1n) is 4.41. The van der Waals surface area contributed by atoms with E-state index in [-0.39, 0.29) is 0 Å². The summed E-state index contributed by atoms with van der Waals surface area (Å²) in [4.78, 5) is 0. The van der Waals surface area contributed by atoms with E-state index in [9.17, 15) is 4.39 Å². The van der Waals surface area contributed by atoms with Gasteiger partial charge in [-0.2, -0.15) is 0 Å². The van der Waals surface area contributed by atoms with Crippen LogP contribution in [0.2, 0.25) is 5.02 Å². The topological polar surface area (TPSA) is 12.0 Å². The van der Waals surface area contributed by atoms with Crippen LogP contribution in [0.3, 0.4) is 0 Å². The highest BCUT2D eigenvalue weighted by Gasteiger charge is 2.19. The number of halogens is 2. The largest absolute Gasteiger partial charge is 0.313 e. The summed E-state index contributed by atoms with van der Waals surface area (Å²) < 4.78 is 13.6. The summed E-state index contributed by atoms with van der Waals surface area (Å²) >= 11 is 5.94. The molecule has 0 fully saturated rings. The maximum absolute atomic E-state index is 13.6. The van der Waals surface area contributed by atoms with Crippen LogP contribution in [-0.2, 0) is 6.54 Å².